The minimum absolute atomic E-state index is 0.0117. The molecule has 0 unspecified atom stereocenters. The van der Waals surface area contributed by atoms with Crippen LogP contribution < -0.4 is 10.6 Å². The van der Waals surface area contributed by atoms with Crippen molar-refractivity contribution in [3.63, 3.8) is 0 Å². The van der Waals surface area contributed by atoms with Gasteiger partial charge in [0.25, 0.3) is 0 Å². The van der Waals surface area contributed by atoms with E-state index in [0.29, 0.717) is 18.5 Å². The molecule has 0 bridgehead atoms. The van der Waals surface area contributed by atoms with Crippen LogP contribution in [0, 0.1) is 5.92 Å². The van der Waals surface area contributed by atoms with Crippen molar-refractivity contribution in [1.29, 1.82) is 0 Å². The van der Waals surface area contributed by atoms with Gasteiger partial charge in [0, 0.05) is 11.7 Å². The number of amides is 1. The molecule has 0 aliphatic rings. The number of rotatable bonds is 7. The van der Waals surface area contributed by atoms with E-state index in [9.17, 15) is 4.79 Å². The van der Waals surface area contributed by atoms with Crippen LogP contribution in [0.1, 0.15) is 33.6 Å². The first-order chi connectivity index (χ1) is 8.58. The number of hydrogen-bond donors (Lipinski definition) is 2. The first kappa shape index (κ1) is 14.7. The monoisotopic (exact) mass is 248 g/mol. The molecule has 0 heterocycles. The molecule has 0 aliphatic heterocycles. The quantitative estimate of drug-likeness (QED) is 0.778. The van der Waals surface area contributed by atoms with E-state index in [1.54, 1.807) is 0 Å². The number of carbonyl (C=O) groups is 1. The maximum absolute atomic E-state index is 11.7. The molecule has 100 valence electrons. The Balaban J connectivity index is 2.21. The van der Waals surface area contributed by atoms with Gasteiger partial charge >= 0.3 is 0 Å². The lowest BCUT2D eigenvalue weighted by Crippen LogP contribution is -2.34. The van der Waals surface area contributed by atoms with Crippen molar-refractivity contribution < 1.29 is 4.79 Å². The molecule has 1 amide bonds. The molecule has 0 saturated carbocycles. The van der Waals surface area contributed by atoms with Crippen LogP contribution in [-0.4, -0.2) is 18.5 Å². The summed E-state index contributed by atoms with van der Waals surface area (Å²) in [7, 11) is 0. The molecule has 3 nitrogen and oxygen atoms in total. The van der Waals surface area contributed by atoms with E-state index in [0.717, 1.165) is 12.1 Å². The molecule has 0 aromatic heterocycles. The SMILES string of the molecule is CC(C)CC[C@H](C)NCC(=O)Nc1ccccc1. The Kier molecular flexibility index (Phi) is 6.44. The van der Waals surface area contributed by atoms with Crippen molar-refractivity contribution in [3.8, 4) is 0 Å². The van der Waals surface area contributed by atoms with Gasteiger partial charge in [-0.2, -0.15) is 0 Å². The van der Waals surface area contributed by atoms with Crippen LogP contribution in [0.15, 0.2) is 30.3 Å². The van der Waals surface area contributed by atoms with E-state index in [2.05, 4.69) is 31.4 Å². The highest BCUT2D eigenvalue weighted by Gasteiger charge is 2.06. The van der Waals surface area contributed by atoms with E-state index in [-0.39, 0.29) is 5.91 Å². The molecule has 18 heavy (non-hydrogen) atoms. The summed E-state index contributed by atoms with van der Waals surface area (Å²) in [6, 6.07) is 9.92. The summed E-state index contributed by atoms with van der Waals surface area (Å²) >= 11 is 0. The molecule has 2 N–H and O–H groups in total. The summed E-state index contributed by atoms with van der Waals surface area (Å²) in [5.74, 6) is 0.727. The second-order valence-electron chi connectivity index (χ2n) is 5.17. The Labute approximate surface area is 110 Å². The molecule has 0 spiro atoms. The summed E-state index contributed by atoms with van der Waals surface area (Å²) in [6.45, 7) is 6.93. The van der Waals surface area contributed by atoms with E-state index in [4.69, 9.17) is 0 Å². The predicted octanol–water partition coefficient (Wildman–Crippen LogP) is 3.04. The zero-order chi connectivity index (χ0) is 13.4. The number of benzene rings is 1. The van der Waals surface area contributed by atoms with E-state index >= 15 is 0 Å². The van der Waals surface area contributed by atoms with Gasteiger partial charge < -0.3 is 10.6 Å². The fourth-order valence-corrected chi connectivity index (χ4v) is 1.68. The van der Waals surface area contributed by atoms with Gasteiger partial charge in [0.15, 0.2) is 0 Å². The van der Waals surface area contributed by atoms with Crippen molar-refractivity contribution in [2.75, 3.05) is 11.9 Å². The predicted molar refractivity (Wildman–Crippen MR) is 76.6 cm³/mol. The maximum Gasteiger partial charge on any atom is 0.238 e. The normalized spacial score (nSPS) is 12.4. The van der Waals surface area contributed by atoms with Crippen LogP contribution in [0.3, 0.4) is 0 Å². The van der Waals surface area contributed by atoms with Gasteiger partial charge in [-0.05, 0) is 37.8 Å². The lowest BCUT2D eigenvalue weighted by atomic mass is 10.0. The molecule has 0 radical (unpaired) electrons. The minimum atomic E-state index is 0.0117. The van der Waals surface area contributed by atoms with Crippen LogP contribution in [-0.2, 0) is 4.79 Å². The lowest BCUT2D eigenvalue weighted by molar-refractivity contribution is -0.115. The third kappa shape index (κ3) is 6.40. The Bertz CT molecular complexity index is 349. The zero-order valence-electron chi connectivity index (χ0n) is 11.6. The van der Waals surface area contributed by atoms with Gasteiger partial charge in [-0.1, -0.05) is 32.0 Å². The summed E-state index contributed by atoms with van der Waals surface area (Å²) in [6.07, 6.45) is 2.30. The zero-order valence-corrected chi connectivity index (χ0v) is 11.6. The molecule has 1 atom stereocenters. The van der Waals surface area contributed by atoms with Gasteiger partial charge in [-0.25, -0.2) is 0 Å². The first-order valence-electron chi connectivity index (χ1n) is 6.66. The Morgan fingerprint density at radius 1 is 1.11 bits per heavy atom. The summed E-state index contributed by atoms with van der Waals surface area (Å²) < 4.78 is 0. The van der Waals surface area contributed by atoms with Gasteiger partial charge in [-0.3, -0.25) is 4.79 Å². The molecule has 0 saturated heterocycles. The van der Waals surface area contributed by atoms with E-state index in [1.807, 2.05) is 30.3 Å². The summed E-state index contributed by atoms with van der Waals surface area (Å²) in [5.41, 5.74) is 0.846. The lowest BCUT2D eigenvalue weighted by Gasteiger charge is -2.14. The molecule has 3 heteroatoms. The van der Waals surface area contributed by atoms with Gasteiger partial charge in [0.05, 0.1) is 6.54 Å². The molecular formula is C15H24N2O. The second-order valence-corrected chi connectivity index (χ2v) is 5.17. The smallest absolute Gasteiger partial charge is 0.238 e. The number of anilines is 1. The minimum Gasteiger partial charge on any atom is -0.325 e. The Morgan fingerprint density at radius 3 is 2.39 bits per heavy atom. The highest BCUT2D eigenvalue weighted by atomic mass is 16.1. The van der Waals surface area contributed by atoms with Crippen LogP contribution in [0.2, 0.25) is 0 Å². The fourth-order valence-electron chi connectivity index (χ4n) is 1.68. The number of carbonyl (C=O) groups excluding carboxylic acids is 1. The average molecular weight is 248 g/mol. The summed E-state index contributed by atoms with van der Waals surface area (Å²) in [5, 5.41) is 6.11. The van der Waals surface area contributed by atoms with Crippen molar-refractivity contribution in [2.45, 2.75) is 39.7 Å². The largest absolute Gasteiger partial charge is 0.325 e. The van der Waals surface area contributed by atoms with Crippen LogP contribution in [0.25, 0.3) is 0 Å². The number of nitrogens with one attached hydrogen (secondary N) is 2. The molecule has 1 aromatic carbocycles. The average Bonchev–Trinajstić information content (AvgIpc) is 2.35. The number of para-hydroxylation sites is 1. The van der Waals surface area contributed by atoms with E-state index in [1.165, 1.54) is 6.42 Å². The van der Waals surface area contributed by atoms with Crippen LogP contribution in [0.4, 0.5) is 5.69 Å². The number of hydrogen-bond acceptors (Lipinski definition) is 2. The molecule has 0 aliphatic carbocycles. The highest BCUT2D eigenvalue weighted by Crippen LogP contribution is 2.06. The standard InChI is InChI=1S/C15H24N2O/c1-12(2)9-10-13(3)16-11-15(18)17-14-7-5-4-6-8-14/h4-8,12-13,16H,9-11H2,1-3H3,(H,17,18)/t13-/m0/s1. The van der Waals surface area contributed by atoms with Crippen molar-refractivity contribution in [3.05, 3.63) is 30.3 Å². The molecular weight excluding hydrogens is 224 g/mol. The topological polar surface area (TPSA) is 41.1 Å². The third-order valence-electron chi connectivity index (χ3n) is 2.85. The van der Waals surface area contributed by atoms with Crippen molar-refractivity contribution >= 4 is 11.6 Å². The van der Waals surface area contributed by atoms with Gasteiger partial charge in [0.2, 0.25) is 5.91 Å². The Morgan fingerprint density at radius 2 is 1.78 bits per heavy atom. The van der Waals surface area contributed by atoms with Gasteiger partial charge in [0.1, 0.15) is 0 Å². The molecule has 1 aromatic rings. The van der Waals surface area contributed by atoms with E-state index < -0.39 is 0 Å². The third-order valence-corrected chi connectivity index (χ3v) is 2.85. The highest BCUT2D eigenvalue weighted by molar-refractivity contribution is 5.92. The van der Waals surface area contributed by atoms with Crippen molar-refractivity contribution in [2.24, 2.45) is 5.92 Å². The Hall–Kier alpha value is -1.35. The first-order valence-corrected chi connectivity index (χ1v) is 6.66. The maximum atomic E-state index is 11.7. The molecule has 0 fully saturated rings. The second kappa shape index (κ2) is 7.88. The van der Waals surface area contributed by atoms with Crippen LogP contribution >= 0.6 is 0 Å². The van der Waals surface area contributed by atoms with Crippen molar-refractivity contribution in [1.82, 2.24) is 5.32 Å². The molecule has 1 rings (SSSR count). The van der Waals surface area contributed by atoms with Crippen LogP contribution in [0.5, 0.6) is 0 Å². The fraction of sp³-hybridized carbons (Fsp3) is 0.533. The van der Waals surface area contributed by atoms with Gasteiger partial charge in [-0.15, -0.1) is 0 Å². The summed E-state index contributed by atoms with van der Waals surface area (Å²) in [4.78, 5) is 11.7.